The van der Waals surface area contributed by atoms with Crippen molar-refractivity contribution in [2.24, 2.45) is 11.8 Å². The predicted molar refractivity (Wildman–Crippen MR) is 196 cm³/mol. The van der Waals surface area contributed by atoms with Crippen LogP contribution in [0.2, 0.25) is 0 Å². The van der Waals surface area contributed by atoms with Gasteiger partial charge < -0.3 is 0 Å². The molecule has 0 unspecified atom stereocenters. The fourth-order valence-electron chi connectivity index (χ4n) is 5.83. The summed E-state index contributed by atoms with van der Waals surface area (Å²) < 4.78 is 0. The van der Waals surface area contributed by atoms with Gasteiger partial charge in [-0.05, 0) is 102 Å². The number of hydrogen-bond donors (Lipinski definition) is 0. The summed E-state index contributed by atoms with van der Waals surface area (Å²) in [4.78, 5) is 0. The maximum atomic E-state index is 2.48. The van der Waals surface area contributed by atoms with Crippen LogP contribution in [0.3, 0.4) is 0 Å². The molecule has 0 aromatic rings. The van der Waals surface area contributed by atoms with E-state index in [9.17, 15) is 0 Å². The lowest BCUT2D eigenvalue weighted by atomic mass is 9.87. The highest BCUT2D eigenvalue weighted by Crippen LogP contribution is 2.23. The molecule has 0 atom stereocenters. The highest BCUT2D eigenvalue weighted by molar-refractivity contribution is 4.86. The minimum Gasteiger partial charge on any atom is -0.0885 e. The number of rotatable bonds is 33. The summed E-state index contributed by atoms with van der Waals surface area (Å²) in [6.45, 7) is 9.39. The lowest BCUT2D eigenvalue weighted by Gasteiger charge is -2.19. The van der Waals surface area contributed by atoms with Crippen LogP contribution in [0.15, 0.2) is 48.6 Å². The van der Waals surface area contributed by atoms with Crippen LogP contribution >= 0.6 is 0 Å². The third-order valence-corrected chi connectivity index (χ3v) is 8.95. The molecule has 0 fully saturated rings. The van der Waals surface area contributed by atoms with Gasteiger partial charge in [-0.1, -0.05) is 166 Å². The van der Waals surface area contributed by atoms with Crippen molar-refractivity contribution in [3.05, 3.63) is 48.6 Å². The van der Waals surface area contributed by atoms with Crippen LogP contribution in [0.4, 0.5) is 0 Å². The molecule has 246 valence electrons. The van der Waals surface area contributed by atoms with E-state index in [4.69, 9.17) is 0 Å². The summed E-state index contributed by atoms with van der Waals surface area (Å²) in [6, 6.07) is 0. The van der Waals surface area contributed by atoms with Crippen LogP contribution in [-0.4, -0.2) is 0 Å². The fourth-order valence-corrected chi connectivity index (χ4v) is 5.83. The van der Waals surface area contributed by atoms with Crippen LogP contribution in [0, 0.1) is 11.8 Å². The molecule has 0 radical (unpaired) electrons. The molecule has 0 saturated heterocycles. The zero-order valence-corrected chi connectivity index (χ0v) is 29.6. The van der Waals surface area contributed by atoms with Crippen molar-refractivity contribution < 1.29 is 0 Å². The summed E-state index contributed by atoms with van der Waals surface area (Å²) in [7, 11) is 0. The fraction of sp³-hybridized carbons (Fsp3) is 0.810. The van der Waals surface area contributed by atoms with Crippen molar-refractivity contribution in [3.8, 4) is 0 Å². The monoisotopic (exact) mass is 583 g/mol. The Hall–Kier alpha value is -1.04. The van der Waals surface area contributed by atoms with Gasteiger partial charge in [0.05, 0.1) is 0 Å². The number of hydrogen-bond acceptors (Lipinski definition) is 0. The van der Waals surface area contributed by atoms with E-state index in [-0.39, 0.29) is 0 Å². The standard InChI is InChI=1S/C42H78/c1-5-7-9-11-13-15-17-19-21-23-25-27-29-31-33-35-37-39-42(41(3)4)40-38-36-34-32-30-28-26-24-22-20-18-16-14-12-10-8-6-2/h11-14,33-36,41-42H,5-10,15-32,37-40H2,1-4H3/b13-11+,14-12+,35-33+,36-34+. The molecule has 42 heavy (non-hydrogen) atoms. The molecule has 0 N–H and O–H groups in total. The van der Waals surface area contributed by atoms with Gasteiger partial charge in [-0.15, -0.1) is 0 Å². The van der Waals surface area contributed by atoms with E-state index in [1.165, 1.54) is 180 Å². The van der Waals surface area contributed by atoms with Crippen LogP contribution < -0.4 is 0 Å². The maximum absolute atomic E-state index is 2.48. The summed E-state index contributed by atoms with van der Waals surface area (Å²) in [5, 5.41) is 0. The van der Waals surface area contributed by atoms with Crippen molar-refractivity contribution in [3.63, 3.8) is 0 Å². The van der Waals surface area contributed by atoms with E-state index >= 15 is 0 Å². The molecule has 0 saturated carbocycles. The van der Waals surface area contributed by atoms with Crippen molar-refractivity contribution >= 4 is 0 Å². The van der Waals surface area contributed by atoms with E-state index in [1.54, 1.807) is 0 Å². The molecule has 0 aliphatic carbocycles. The van der Waals surface area contributed by atoms with E-state index < -0.39 is 0 Å². The Bertz CT molecular complexity index is 554. The summed E-state index contributed by atoms with van der Waals surface area (Å²) in [5.41, 5.74) is 0. The first-order chi connectivity index (χ1) is 20.7. The third kappa shape index (κ3) is 33.5. The Balaban J connectivity index is 3.55. The molecular weight excluding hydrogens is 504 g/mol. The highest BCUT2D eigenvalue weighted by atomic mass is 14.2. The minimum absolute atomic E-state index is 0.806. The largest absolute Gasteiger partial charge is 0.0885 e. The SMILES string of the molecule is CCCC/C=C/CCCCCCCCC/C=C/CCC(CC/C=C/CCCCCCCCC/C=C/CCCC)C(C)C. The van der Waals surface area contributed by atoms with Gasteiger partial charge in [0.15, 0.2) is 0 Å². The van der Waals surface area contributed by atoms with E-state index in [0.29, 0.717) is 0 Å². The second-order valence-corrected chi connectivity index (χ2v) is 13.4. The molecule has 0 nitrogen and oxygen atoms in total. The van der Waals surface area contributed by atoms with Gasteiger partial charge >= 0.3 is 0 Å². The molecule has 0 rings (SSSR count). The number of allylic oxidation sites excluding steroid dienone is 8. The molecular formula is C42H78. The van der Waals surface area contributed by atoms with Gasteiger partial charge in [0, 0.05) is 0 Å². The van der Waals surface area contributed by atoms with Gasteiger partial charge in [0.1, 0.15) is 0 Å². The summed E-state index contributed by atoms with van der Waals surface area (Å²) in [5.74, 6) is 1.68. The second kappa shape index (κ2) is 36.2. The van der Waals surface area contributed by atoms with Crippen LogP contribution in [-0.2, 0) is 0 Å². The molecule has 0 aliphatic rings. The Morgan fingerprint density at radius 3 is 0.810 bits per heavy atom. The van der Waals surface area contributed by atoms with E-state index in [2.05, 4.69) is 76.3 Å². The normalized spacial score (nSPS) is 12.6. The quantitative estimate of drug-likeness (QED) is 0.0533. The molecule has 0 heteroatoms. The first-order valence-electron chi connectivity index (χ1n) is 19.3. The molecule has 0 bridgehead atoms. The van der Waals surface area contributed by atoms with Crippen molar-refractivity contribution in [2.75, 3.05) is 0 Å². The Morgan fingerprint density at radius 1 is 0.310 bits per heavy atom. The molecule has 0 amide bonds. The van der Waals surface area contributed by atoms with Gasteiger partial charge in [-0.25, -0.2) is 0 Å². The molecule has 0 spiro atoms. The smallest absolute Gasteiger partial charge is 0.0348 e. The summed E-state index contributed by atoms with van der Waals surface area (Å²) in [6.07, 6.45) is 57.6. The average molecular weight is 583 g/mol. The van der Waals surface area contributed by atoms with Crippen molar-refractivity contribution in [1.29, 1.82) is 0 Å². The number of unbranched alkanes of at least 4 members (excludes halogenated alkanes) is 20. The highest BCUT2D eigenvalue weighted by Gasteiger charge is 2.11. The maximum Gasteiger partial charge on any atom is -0.0348 e. The Morgan fingerprint density at radius 2 is 0.548 bits per heavy atom. The summed E-state index contributed by atoms with van der Waals surface area (Å²) >= 11 is 0. The van der Waals surface area contributed by atoms with Crippen molar-refractivity contribution in [1.82, 2.24) is 0 Å². The van der Waals surface area contributed by atoms with Gasteiger partial charge in [-0.2, -0.15) is 0 Å². The Kier molecular flexibility index (Phi) is 35.3. The zero-order chi connectivity index (χ0) is 30.6. The molecule has 0 aromatic heterocycles. The second-order valence-electron chi connectivity index (χ2n) is 13.4. The first-order valence-corrected chi connectivity index (χ1v) is 19.3. The van der Waals surface area contributed by atoms with Crippen LogP contribution in [0.5, 0.6) is 0 Å². The van der Waals surface area contributed by atoms with Crippen molar-refractivity contribution in [2.45, 2.75) is 207 Å². The minimum atomic E-state index is 0.806. The third-order valence-electron chi connectivity index (χ3n) is 8.95. The van der Waals surface area contributed by atoms with Gasteiger partial charge in [-0.3, -0.25) is 0 Å². The van der Waals surface area contributed by atoms with E-state index in [1.807, 2.05) is 0 Å². The first kappa shape index (κ1) is 41.0. The zero-order valence-electron chi connectivity index (χ0n) is 29.6. The van der Waals surface area contributed by atoms with Gasteiger partial charge in [0.2, 0.25) is 0 Å². The molecule has 0 heterocycles. The predicted octanol–water partition coefficient (Wildman–Crippen LogP) is 15.4. The lowest BCUT2D eigenvalue weighted by Crippen LogP contribution is -2.08. The van der Waals surface area contributed by atoms with Crippen LogP contribution in [0.1, 0.15) is 207 Å². The molecule has 0 aromatic carbocycles. The van der Waals surface area contributed by atoms with Crippen LogP contribution in [0.25, 0.3) is 0 Å². The average Bonchev–Trinajstić information content (AvgIpc) is 2.99. The van der Waals surface area contributed by atoms with Gasteiger partial charge in [0.25, 0.3) is 0 Å². The lowest BCUT2D eigenvalue weighted by molar-refractivity contribution is 0.341. The Labute approximate surface area is 267 Å². The topological polar surface area (TPSA) is 0 Å². The van der Waals surface area contributed by atoms with E-state index in [0.717, 1.165) is 11.8 Å². The molecule has 0 aliphatic heterocycles.